The van der Waals surface area contributed by atoms with Crippen LogP contribution in [0.1, 0.15) is 57.1 Å². The van der Waals surface area contributed by atoms with Gasteiger partial charge in [0, 0.05) is 17.7 Å². The molecule has 1 unspecified atom stereocenters. The Balaban J connectivity index is 2.29. The van der Waals surface area contributed by atoms with Gasteiger partial charge in [0.15, 0.2) is 11.6 Å². The van der Waals surface area contributed by atoms with Crippen LogP contribution in [0, 0.1) is 23.4 Å². The summed E-state index contributed by atoms with van der Waals surface area (Å²) >= 11 is 0. The molecule has 4 heteroatoms. The summed E-state index contributed by atoms with van der Waals surface area (Å²) in [6.07, 6.45) is 6.67. The van der Waals surface area contributed by atoms with Gasteiger partial charge in [0.1, 0.15) is 5.82 Å². The fourth-order valence-corrected chi connectivity index (χ4v) is 3.17. The first kappa shape index (κ1) is 15.4. The Morgan fingerprint density at radius 3 is 2.20 bits per heavy atom. The van der Waals surface area contributed by atoms with E-state index in [2.05, 4.69) is 5.32 Å². The van der Waals surface area contributed by atoms with Gasteiger partial charge >= 0.3 is 0 Å². The van der Waals surface area contributed by atoms with E-state index in [0.29, 0.717) is 12.6 Å². The van der Waals surface area contributed by atoms with Crippen LogP contribution in [-0.4, -0.2) is 6.54 Å². The van der Waals surface area contributed by atoms with E-state index < -0.39 is 17.5 Å². The lowest BCUT2D eigenvalue weighted by Crippen LogP contribution is -2.29. The minimum absolute atomic E-state index is 0.229. The first-order chi connectivity index (χ1) is 9.63. The minimum atomic E-state index is -1.12. The Bertz CT molecular complexity index is 440. The molecule has 1 atom stereocenters. The molecule has 1 N–H and O–H groups in total. The molecular formula is C16H22F3N. The lowest BCUT2D eigenvalue weighted by molar-refractivity contribution is 0.320. The standard InChI is InChI=1S/C16H22F3N/c1-2-20-16(11-7-5-3-4-6-8-11)12-9-14(18)15(19)10-13(12)17/h9-11,16,20H,2-8H2,1H3. The van der Waals surface area contributed by atoms with Crippen molar-refractivity contribution in [2.45, 2.75) is 51.5 Å². The number of hydrogen-bond acceptors (Lipinski definition) is 1. The van der Waals surface area contributed by atoms with Gasteiger partial charge in [-0.25, -0.2) is 13.2 Å². The summed E-state index contributed by atoms with van der Waals surface area (Å²) in [6, 6.07) is 1.45. The van der Waals surface area contributed by atoms with Crippen molar-refractivity contribution in [3.63, 3.8) is 0 Å². The van der Waals surface area contributed by atoms with Gasteiger partial charge in [0.2, 0.25) is 0 Å². The number of halogens is 3. The predicted molar refractivity (Wildman–Crippen MR) is 73.9 cm³/mol. The molecule has 0 aromatic heterocycles. The Hall–Kier alpha value is -1.03. The van der Waals surface area contributed by atoms with Gasteiger partial charge in [-0.2, -0.15) is 0 Å². The highest BCUT2D eigenvalue weighted by Gasteiger charge is 2.27. The Morgan fingerprint density at radius 2 is 1.60 bits per heavy atom. The van der Waals surface area contributed by atoms with Crippen LogP contribution < -0.4 is 5.32 Å². The summed E-state index contributed by atoms with van der Waals surface area (Å²) in [7, 11) is 0. The van der Waals surface area contributed by atoms with Crippen LogP contribution in [0.2, 0.25) is 0 Å². The van der Waals surface area contributed by atoms with Gasteiger partial charge in [-0.15, -0.1) is 0 Å². The molecule has 1 saturated carbocycles. The van der Waals surface area contributed by atoms with E-state index >= 15 is 0 Å². The van der Waals surface area contributed by atoms with E-state index in [0.717, 1.165) is 31.7 Å². The zero-order valence-electron chi connectivity index (χ0n) is 11.9. The predicted octanol–water partition coefficient (Wildman–Crippen LogP) is 4.72. The lowest BCUT2D eigenvalue weighted by Gasteiger charge is -2.28. The van der Waals surface area contributed by atoms with Crippen LogP contribution in [0.25, 0.3) is 0 Å². The summed E-state index contributed by atoms with van der Waals surface area (Å²) in [5.74, 6) is -2.46. The third-order valence-corrected chi connectivity index (χ3v) is 4.17. The maximum absolute atomic E-state index is 14.0. The van der Waals surface area contributed by atoms with Crippen molar-refractivity contribution in [3.8, 4) is 0 Å². The molecule has 1 aromatic carbocycles. The molecule has 1 nitrogen and oxygen atoms in total. The topological polar surface area (TPSA) is 12.0 Å². The minimum Gasteiger partial charge on any atom is -0.310 e. The van der Waals surface area contributed by atoms with E-state index in [1.807, 2.05) is 6.92 Å². The first-order valence-electron chi connectivity index (χ1n) is 7.51. The maximum atomic E-state index is 14.0. The van der Waals surface area contributed by atoms with Gasteiger partial charge in [-0.3, -0.25) is 0 Å². The number of nitrogens with one attached hydrogen (secondary N) is 1. The Kier molecular flexibility index (Phi) is 5.46. The summed E-state index contributed by atoms with van der Waals surface area (Å²) in [5, 5.41) is 3.25. The third kappa shape index (κ3) is 3.54. The molecular weight excluding hydrogens is 263 g/mol. The molecule has 0 amide bonds. The van der Waals surface area contributed by atoms with Crippen molar-refractivity contribution in [2.24, 2.45) is 5.92 Å². The zero-order valence-corrected chi connectivity index (χ0v) is 11.9. The van der Waals surface area contributed by atoms with Crippen molar-refractivity contribution in [3.05, 3.63) is 35.1 Å². The number of rotatable bonds is 4. The highest BCUT2D eigenvalue weighted by atomic mass is 19.2. The molecule has 1 aromatic rings. The summed E-state index contributed by atoms with van der Waals surface area (Å²) in [6.45, 7) is 2.63. The summed E-state index contributed by atoms with van der Waals surface area (Å²) < 4.78 is 40.5. The molecule has 1 aliphatic rings. The van der Waals surface area contributed by atoms with E-state index in [1.54, 1.807) is 0 Å². The molecule has 2 rings (SSSR count). The molecule has 1 fully saturated rings. The van der Waals surface area contributed by atoms with Gasteiger partial charge < -0.3 is 5.32 Å². The second-order valence-corrected chi connectivity index (χ2v) is 5.57. The molecule has 112 valence electrons. The normalized spacial score (nSPS) is 18.8. The van der Waals surface area contributed by atoms with E-state index in [4.69, 9.17) is 0 Å². The molecule has 0 radical (unpaired) electrons. The van der Waals surface area contributed by atoms with Crippen LogP contribution in [-0.2, 0) is 0 Å². The van der Waals surface area contributed by atoms with E-state index in [-0.39, 0.29) is 17.5 Å². The lowest BCUT2D eigenvalue weighted by atomic mass is 9.86. The SMILES string of the molecule is CCNC(c1cc(F)c(F)cc1F)C1CCCCCC1. The van der Waals surface area contributed by atoms with E-state index in [1.165, 1.54) is 12.8 Å². The fraction of sp³-hybridized carbons (Fsp3) is 0.625. The van der Waals surface area contributed by atoms with Crippen molar-refractivity contribution >= 4 is 0 Å². The highest BCUT2D eigenvalue weighted by molar-refractivity contribution is 5.24. The van der Waals surface area contributed by atoms with Crippen molar-refractivity contribution in [1.29, 1.82) is 0 Å². The van der Waals surface area contributed by atoms with E-state index in [9.17, 15) is 13.2 Å². The average Bonchev–Trinajstić information content (AvgIpc) is 2.69. The van der Waals surface area contributed by atoms with Gasteiger partial charge in [-0.1, -0.05) is 32.6 Å². The van der Waals surface area contributed by atoms with Crippen molar-refractivity contribution in [2.75, 3.05) is 6.54 Å². The van der Waals surface area contributed by atoms with Gasteiger partial charge in [0.05, 0.1) is 0 Å². The Morgan fingerprint density at radius 1 is 1.00 bits per heavy atom. The smallest absolute Gasteiger partial charge is 0.161 e. The van der Waals surface area contributed by atoms with Crippen LogP contribution in [0.4, 0.5) is 13.2 Å². The van der Waals surface area contributed by atoms with Crippen LogP contribution in [0.3, 0.4) is 0 Å². The number of benzene rings is 1. The molecule has 0 saturated heterocycles. The quantitative estimate of drug-likeness (QED) is 0.623. The second-order valence-electron chi connectivity index (χ2n) is 5.57. The maximum Gasteiger partial charge on any atom is 0.161 e. The average molecular weight is 285 g/mol. The van der Waals surface area contributed by atoms with Crippen molar-refractivity contribution in [1.82, 2.24) is 5.32 Å². The zero-order chi connectivity index (χ0) is 14.5. The highest BCUT2D eigenvalue weighted by Crippen LogP contribution is 2.35. The fourth-order valence-electron chi connectivity index (χ4n) is 3.17. The van der Waals surface area contributed by atoms with Crippen LogP contribution >= 0.6 is 0 Å². The monoisotopic (exact) mass is 285 g/mol. The summed E-state index contributed by atoms with van der Waals surface area (Å²) in [4.78, 5) is 0. The molecule has 0 heterocycles. The number of hydrogen-bond donors (Lipinski definition) is 1. The molecule has 0 spiro atoms. The third-order valence-electron chi connectivity index (χ3n) is 4.17. The van der Waals surface area contributed by atoms with Crippen LogP contribution in [0.5, 0.6) is 0 Å². The van der Waals surface area contributed by atoms with Gasteiger partial charge in [-0.05, 0) is 31.4 Å². The molecule has 0 bridgehead atoms. The largest absolute Gasteiger partial charge is 0.310 e. The van der Waals surface area contributed by atoms with Crippen LogP contribution in [0.15, 0.2) is 12.1 Å². The molecule has 0 aliphatic heterocycles. The summed E-state index contributed by atoms with van der Waals surface area (Å²) in [5.41, 5.74) is 0.262. The van der Waals surface area contributed by atoms with Crippen molar-refractivity contribution < 1.29 is 13.2 Å². The first-order valence-corrected chi connectivity index (χ1v) is 7.51. The molecule has 20 heavy (non-hydrogen) atoms. The second kappa shape index (κ2) is 7.11. The molecule has 1 aliphatic carbocycles. The Labute approximate surface area is 118 Å². The van der Waals surface area contributed by atoms with Gasteiger partial charge in [0.25, 0.3) is 0 Å².